The molecule has 4 rings (SSSR count). The van der Waals surface area contributed by atoms with E-state index in [0.717, 1.165) is 44.6 Å². The van der Waals surface area contributed by atoms with E-state index >= 15 is 0 Å². The number of ether oxygens (including phenoxy) is 2. The zero-order valence-electron chi connectivity index (χ0n) is 16.9. The predicted molar refractivity (Wildman–Crippen MR) is 129 cm³/mol. The number of halogens is 1. The average molecular weight is 465 g/mol. The van der Waals surface area contributed by atoms with Gasteiger partial charge in [0, 0.05) is 19.6 Å². The minimum Gasteiger partial charge on any atom is -0.491 e. The Kier molecular flexibility index (Phi) is 9.03. The second-order valence-corrected chi connectivity index (χ2v) is 8.97. The van der Waals surface area contributed by atoms with Crippen molar-refractivity contribution in [2.45, 2.75) is 31.5 Å². The zero-order valence-corrected chi connectivity index (χ0v) is 19.4. The number of hydrogen-bond donors (Lipinski definition) is 1. The molecule has 2 N–H and O–H groups in total. The lowest BCUT2D eigenvalue weighted by Gasteiger charge is -2.33. The highest BCUT2D eigenvalue weighted by Gasteiger charge is 2.25. The summed E-state index contributed by atoms with van der Waals surface area (Å²) in [6.07, 6.45) is 3.55. The Labute approximate surface area is 193 Å². The van der Waals surface area contributed by atoms with Crippen molar-refractivity contribution in [1.82, 2.24) is 4.90 Å². The standard InChI is InChI=1S/C23H28N2O2S2.ClH/c24-21-4-1-2-5-22(21)26-13-3-10-25-11-6-20(7-12-25)27-23(18-8-14-28-16-18)19-9-15-29-17-19;/h1-2,4-5,8-9,14-17,20,23H,3,6-7,10-13,24H2;1H. The third-order valence-corrected chi connectivity index (χ3v) is 6.75. The highest BCUT2D eigenvalue weighted by Crippen LogP contribution is 2.32. The third-order valence-electron chi connectivity index (χ3n) is 5.35. The van der Waals surface area contributed by atoms with E-state index in [0.29, 0.717) is 18.4 Å². The molecule has 0 aliphatic carbocycles. The van der Waals surface area contributed by atoms with E-state index in [-0.39, 0.29) is 18.5 Å². The van der Waals surface area contributed by atoms with Gasteiger partial charge in [0.1, 0.15) is 11.9 Å². The summed E-state index contributed by atoms with van der Waals surface area (Å²) in [6, 6.07) is 12.0. The second-order valence-electron chi connectivity index (χ2n) is 7.41. The molecule has 4 nitrogen and oxygen atoms in total. The van der Waals surface area contributed by atoms with Crippen LogP contribution in [-0.2, 0) is 4.74 Å². The van der Waals surface area contributed by atoms with E-state index in [1.54, 1.807) is 22.7 Å². The number of rotatable bonds is 9. The lowest BCUT2D eigenvalue weighted by atomic mass is 10.0. The second kappa shape index (κ2) is 11.7. The maximum absolute atomic E-state index is 6.57. The summed E-state index contributed by atoms with van der Waals surface area (Å²) in [5.41, 5.74) is 9.17. The lowest BCUT2D eigenvalue weighted by molar-refractivity contribution is -0.0270. The third kappa shape index (κ3) is 6.22. The van der Waals surface area contributed by atoms with Crippen LogP contribution in [0, 0.1) is 0 Å². The van der Waals surface area contributed by atoms with Crippen molar-refractivity contribution in [1.29, 1.82) is 0 Å². The van der Waals surface area contributed by atoms with E-state index in [4.69, 9.17) is 15.2 Å². The monoisotopic (exact) mass is 464 g/mol. The molecule has 1 aliphatic heterocycles. The topological polar surface area (TPSA) is 47.7 Å². The minimum absolute atomic E-state index is 0. The number of likely N-dealkylation sites (tertiary alicyclic amines) is 1. The zero-order chi connectivity index (χ0) is 19.9. The fourth-order valence-corrected chi connectivity index (χ4v) is 5.09. The van der Waals surface area contributed by atoms with Gasteiger partial charge in [0.2, 0.25) is 0 Å². The molecule has 0 amide bonds. The van der Waals surface area contributed by atoms with Crippen LogP contribution in [0.1, 0.15) is 36.5 Å². The van der Waals surface area contributed by atoms with Gasteiger partial charge in [-0.1, -0.05) is 12.1 Å². The van der Waals surface area contributed by atoms with Crippen LogP contribution in [0.15, 0.2) is 57.9 Å². The molecule has 1 aromatic carbocycles. The van der Waals surface area contributed by atoms with Crippen molar-refractivity contribution in [2.75, 3.05) is 32.0 Å². The van der Waals surface area contributed by atoms with Gasteiger partial charge in [-0.2, -0.15) is 22.7 Å². The van der Waals surface area contributed by atoms with E-state index in [1.807, 2.05) is 24.3 Å². The molecule has 0 radical (unpaired) electrons. The number of thiophene rings is 2. The summed E-state index contributed by atoms with van der Waals surface area (Å²) in [7, 11) is 0. The Balaban J connectivity index is 0.00000256. The fourth-order valence-electron chi connectivity index (χ4n) is 3.74. The molecule has 1 aliphatic rings. The molecule has 0 atom stereocenters. The molecular formula is C23H29ClN2O2S2. The summed E-state index contributed by atoms with van der Waals surface area (Å²) >= 11 is 3.47. The number of anilines is 1. The van der Waals surface area contributed by atoms with Gasteiger partial charge in [0.05, 0.1) is 18.4 Å². The Bertz CT molecular complexity index is 816. The summed E-state index contributed by atoms with van der Waals surface area (Å²) in [4.78, 5) is 2.52. The number of hydrogen-bond acceptors (Lipinski definition) is 6. The summed E-state index contributed by atoms with van der Waals surface area (Å²) < 4.78 is 12.4. The molecule has 3 aromatic rings. The van der Waals surface area contributed by atoms with Gasteiger partial charge in [-0.15, -0.1) is 12.4 Å². The summed E-state index contributed by atoms with van der Waals surface area (Å²) in [6.45, 7) is 3.91. The van der Waals surface area contributed by atoms with Crippen LogP contribution in [-0.4, -0.2) is 37.2 Å². The number of nitrogens with two attached hydrogens (primary N) is 1. The van der Waals surface area contributed by atoms with E-state index < -0.39 is 0 Å². The van der Waals surface area contributed by atoms with E-state index in [9.17, 15) is 0 Å². The molecule has 1 fully saturated rings. The van der Waals surface area contributed by atoms with Crippen LogP contribution < -0.4 is 10.5 Å². The number of nitrogen functional groups attached to an aromatic ring is 1. The first-order valence-corrected chi connectivity index (χ1v) is 12.1. The van der Waals surface area contributed by atoms with Gasteiger partial charge in [-0.05, 0) is 76.2 Å². The normalized spacial score (nSPS) is 15.2. The maximum Gasteiger partial charge on any atom is 0.142 e. The van der Waals surface area contributed by atoms with Crippen LogP contribution in [0.5, 0.6) is 5.75 Å². The van der Waals surface area contributed by atoms with Crippen LogP contribution in [0.25, 0.3) is 0 Å². The largest absolute Gasteiger partial charge is 0.491 e. The molecule has 30 heavy (non-hydrogen) atoms. The fraction of sp³-hybridized carbons (Fsp3) is 0.391. The van der Waals surface area contributed by atoms with Gasteiger partial charge < -0.3 is 20.1 Å². The SMILES string of the molecule is Cl.Nc1ccccc1OCCCN1CCC(OC(c2ccsc2)c2ccsc2)CC1. The van der Waals surface area contributed by atoms with Crippen molar-refractivity contribution < 1.29 is 9.47 Å². The predicted octanol–water partition coefficient (Wildman–Crippen LogP) is 5.85. The van der Waals surface area contributed by atoms with Crippen LogP contribution in [0.3, 0.4) is 0 Å². The van der Waals surface area contributed by atoms with Crippen LogP contribution in [0.2, 0.25) is 0 Å². The smallest absolute Gasteiger partial charge is 0.142 e. The number of benzene rings is 1. The average Bonchev–Trinajstić information content (AvgIpc) is 3.46. The quantitative estimate of drug-likeness (QED) is 0.318. The maximum atomic E-state index is 6.57. The summed E-state index contributed by atoms with van der Waals surface area (Å²) in [5.74, 6) is 0.785. The molecule has 1 saturated heterocycles. The highest BCUT2D eigenvalue weighted by atomic mass is 35.5. The van der Waals surface area contributed by atoms with Crippen molar-refractivity contribution in [2.24, 2.45) is 0 Å². The molecule has 7 heteroatoms. The minimum atomic E-state index is 0. The Hall–Kier alpha value is -1.57. The molecular weight excluding hydrogens is 436 g/mol. The molecule has 2 aromatic heterocycles. The van der Waals surface area contributed by atoms with Gasteiger partial charge in [0.15, 0.2) is 0 Å². The highest BCUT2D eigenvalue weighted by molar-refractivity contribution is 7.08. The Morgan fingerprint density at radius 2 is 1.67 bits per heavy atom. The molecule has 0 spiro atoms. The van der Waals surface area contributed by atoms with Gasteiger partial charge in [0.25, 0.3) is 0 Å². The van der Waals surface area contributed by atoms with Crippen molar-refractivity contribution >= 4 is 40.8 Å². The van der Waals surface area contributed by atoms with Gasteiger partial charge in [-0.25, -0.2) is 0 Å². The van der Waals surface area contributed by atoms with Crippen molar-refractivity contribution in [3.05, 3.63) is 69.0 Å². The Morgan fingerprint density at radius 1 is 1.00 bits per heavy atom. The first-order chi connectivity index (χ1) is 14.3. The van der Waals surface area contributed by atoms with Gasteiger partial charge >= 0.3 is 0 Å². The van der Waals surface area contributed by atoms with Crippen LogP contribution >= 0.6 is 35.1 Å². The van der Waals surface area contributed by atoms with E-state index in [1.165, 1.54) is 11.1 Å². The Morgan fingerprint density at radius 3 is 2.27 bits per heavy atom. The molecule has 0 unspecified atom stereocenters. The van der Waals surface area contributed by atoms with Gasteiger partial charge in [-0.3, -0.25) is 0 Å². The number of piperidine rings is 1. The molecule has 162 valence electrons. The first kappa shape index (κ1) is 23.1. The molecule has 3 heterocycles. The lowest BCUT2D eigenvalue weighted by Crippen LogP contribution is -2.38. The van der Waals surface area contributed by atoms with E-state index in [2.05, 4.69) is 38.6 Å². The summed E-state index contributed by atoms with van der Waals surface area (Å²) in [5, 5.41) is 8.67. The van der Waals surface area contributed by atoms with Crippen molar-refractivity contribution in [3.8, 4) is 5.75 Å². The van der Waals surface area contributed by atoms with Crippen molar-refractivity contribution in [3.63, 3.8) is 0 Å². The molecule has 0 saturated carbocycles. The molecule has 0 bridgehead atoms. The number of para-hydroxylation sites is 2. The first-order valence-electron chi connectivity index (χ1n) is 10.2. The number of nitrogens with zero attached hydrogens (tertiary/aromatic N) is 1. The van der Waals surface area contributed by atoms with Crippen LogP contribution in [0.4, 0.5) is 5.69 Å².